The van der Waals surface area contributed by atoms with Crippen LogP contribution in [0.3, 0.4) is 0 Å². The van der Waals surface area contributed by atoms with Gasteiger partial charge in [0, 0.05) is 5.92 Å². The lowest BCUT2D eigenvalue weighted by atomic mass is 10.2. The Labute approximate surface area is 82.6 Å². The van der Waals surface area contributed by atoms with E-state index in [2.05, 4.69) is 0 Å². The minimum absolute atomic E-state index is 0.295. The molecular weight excluding hydrogens is 190 g/mol. The minimum atomic E-state index is -2.54. The number of rotatable bonds is 2. The van der Waals surface area contributed by atoms with Gasteiger partial charge in [-0.05, 0) is 20.3 Å². The first kappa shape index (κ1) is 10.3. The molecule has 0 aromatic heterocycles. The Hall–Kier alpha value is -0.220. The minimum Gasteiger partial charge on any atom is -0.348 e. The first-order valence-electron chi connectivity index (χ1n) is 5.08. The summed E-state index contributed by atoms with van der Waals surface area (Å²) >= 11 is 0. The molecule has 0 spiro atoms. The first-order valence-corrected chi connectivity index (χ1v) is 5.08. The fourth-order valence-electron chi connectivity index (χ4n) is 2.34. The van der Waals surface area contributed by atoms with Crippen molar-refractivity contribution in [3.05, 3.63) is 0 Å². The Morgan fingerprint density at radius 1 is 1.36 bits per heavy atom. The lowest BCUT2D eigenvalue weighted by Gasteiger charge is -2.16. The Morgan fingerprint density at radius 3 is 2.36 bits per heavy atom. The van der Waals surface area contributed by atoms with Crippen LogP contribution in [0, 0.1) is 11.8 Å². The van der Waals surface area contributed by atoms with Crippen LogP contribution in [-0.4, -0.2) is 24.4 Å². The lowest BCUT2D eigenvalue weighted by Crippen LogP contribution is -2.23. The topological polar surface area (TPSA) is 18.5 Å². The van der Waals surface area contributed by atoms with Crippen LogP contribution in [0.1, 0.15) is 27.2 Å². The Kier molecular flexibility index (Phi) is 2.13. The highest BCUT2D eigenvalue weighted by molar-refractivity contribution is 5.09. The van der Waals surface area contributed by atoms with Crippen LogP contribution in [0.25, 0.3) is 0 Å². The average Bonchev–Trinajstić information content (AvgIpc) is 2.41. The van der Waals surface area contributed by atoms with Gasteiger partial charge >= 0.3 is 0 Å². The lowest BCUT2D eigenvalue weighted by molar-refractivity contribution is -0.143. The predicted octanol–water partition coefficient (Wildman–Crippen LogP) is 2.43. The van der Waals surface area contributed by atoms with Gasteiger partial charge in [-0.1, -0.05) is 6.92 Å². The maximum atomic E-state index is 13.2. The van der Waals surface area contributed by atoms with Crippen molar-refractivity contribution in [1.29, 1.82) is 0 Å². The van der Waals surface area contributed by atoms with Gasteiger partial charge in [-0.2, -0.15) is 0 Å². The van der Waals surface area contributed by atoms with E-state index < -0.39 is 29.6 Å². The molecule has 0 bridgehead atoms. The molecule has 82 valence electrons. The van der Waals surface area contributed by atoms with Gasteiger partial charge in [-0.25, -0.2) is 8.78 Å². The van der Waals surface area contributed by atoms with E-state index in [9.17, 15) is 8.78 Å². The summed E-state index contributed by atoms with van der Waals surface area (Å²) in [5.41, 5.74) is 0. The monoisotopic (exact) mass is 206 g/mol. The zero-order valence-electron chi connectivity index (χ0n) is 8.72. The highest BCUT2D eigenvalue weighted by Crippen LogP contribution is 2.60. The normalized spacial score (nSPS) is 43.9. The van der Waals surface area contributed by atoms with Crippen molar-refractivity contribution < 1.29 is 18.3 Å². The summed E-state index contributed by atoms with van der Waals surface area (Å²) < 4.78 is 37.2. The molecule has 0 amide bonds. The highest BCUT2D eigenvalue weighted by Gasteiger charge is 2.71. The van der Waals surface area contributed by atoms with E-state index in [4.69, 9.17) is 9.47 Å². The van der Waals surface area contributed by atoms with Crippen LogP contribution in [0.15, 0.2) is 0 Å². The molecule has 1 aliphatic carbocycles. The number of hydrogen-bond donors (Lipinski definition) is 0. The summed E-state index contributed by atoms with van der Waals surface area (Å²) in [5.74, 6) is -4.37. The van der Waals surface area contributed by atoms with Gasteiger partial charge in [0.25, 0.3) is 5.92 Å². The molecule has 4 heteroatoms. The van der Waals surface area contributed by atoms with E-state index in [0.717, 1.165) is 0 Å². The molecule has 1 saturated heterocycles. The average molecular weight is 206 g/mol. The molecule has 2 nitrogen and oxygen atoms in total. The van der Waals surface area contributed by atoms with E-state index in [1.165, 1.54) is 0 Å². The predicted molar refractivity (Wildman–Crippen MR) is 47.1 cm³/mol. The zero-order chi connectivity index (χ0) is 10.6. The number of ether oxygens (including phenoxy) is 2. The summed E-state index contributed by atoms with van der Waals surface area (Å²) in [5, 5.41) is 0. The largest absolute Gasteiger partial charge is 0.348 e. The summed E-state index contributed by atoms with van der Waals surface area (Å²) in [7, 11) is 0. The molecule has 0 aromatic rings. The molecule has 1 aliphatic heterocycles. The van der Waals surface area contributed by atoms with Crippen LogP contribution in [0.4, 0.5) is 8.78 Å². The van der Waals surface area contributed by atoms with Gasteiger partial charge in [-0.15, -0.1) is 0 Å². The molecular formula is C10H16F2O2. The second-order valence-electron chi connectivity index (χ2n) is 4.58. The van der Waals surface area contributed by atoms with E-state index in [1.54, 1.807) is 20.8 Å². The van der Waals surface area contributed by atoms with E-state index in [1.807, 2.05) is 0 Å². The highest BCUT2D eigenvalue weighted by atomic mass is 19.3. The van der Waals surface area contributed by atoms with Gasteiger partial charge in [0.05, 0.1) is 18.6 Å². The van der Waals surface area contributed by atoms with Crippen LogP contribution >= 0.6 is 0 Å². The van der Waals surface area contributed by atoms with Crippen LogP contribution in [0.2, 0.25) is 0 Å². The van der Waals surface area contributed by atoms with Crippen molar-refractivity contribution in [2.45, 2.75) is 45.0 Å². The van der Waals surface area contributed by atoms with Gasteiger partial charge in [0.1, 0.15) is 0 Å². The zero-order valence-corrected chi connectivity index (χ0v) is 8.72. The number of halogens is 2. The molecule has 2 rings (SSSR count). The van der Waals surface area contributed by atoms with Gasteiger partial charge < -0.3 is 9.47 Å². The second-order valence-corrected chi connectivity index (χ2v) is 4.58. The van der Waals surface area contributed by atoms with E-state index in [0.29, 0.717) is 13.0 Å². The Balaban J connectivity index is 2.00. The molecule has 0 aromatic carbocycles. The van der Waals surface area contributed by atoms with Gasteiger partial charge in [0.15, 0.2) is 5.79 Å². The van der Waals surface area contributed by atoms with Crippen molar-refractivity contribution in [1.82, 2.24) is 0 Å². The second kappa shape index (κ2) is 2.89. The van der Waals surface area contributed by atoms with Gasteiger partial charge in [0.2, 0.25) is 0 Å². The third-order valence-corrected chi connectivity index (χ3v) is 3.13. The SMILES string of the molecule is CC[C@H]1[C@@H]([C@H]2COC(C)(C)O2)C1(F)F. The van der Waals surface area contributed by atoms with Crippen LogP contribution in [0.5, 0.6) is 0 Å². The first-order chi connectivity index (χ1) is 6.38. The fourth-order valence-corrected chi connectivity index (χ4v) is 2.34. The van der Waals surface area contributed by atoms with E-state index in [-0.39, 0.29) is 0 Å². The van der Waals surface area contributed by atoms with Crippen LogP contribution in [-0.2, 0) is 9.47 Å². The number of hydrogen-bond acceptors (Lipinski definition) is 2. The maximum Gasteiger partial charge on any atom is 0.257 e. The standard InChI is InChI=1S/C10H16F2O2/c1-4-6-8(10(6,11)12)7-5-13-9(2,3)14-7/h6-8H,4-5H2,1-3H3/t6-,7+,8-/m0/s1. The Bertz CT molecular complexity index is 240. The van der Waals surface area contributed by atoms with Crippen LogP contribution < -0.4 is 0 Å². The molecule has 0 unspecified atom stereocenters. The third-order valence-electron chi connectivity index (χ3n) is 3.13. The third kappa shape index (κ3) is 1.44. The molecule has 3 atom stereocenters. The summed E-state index contributed by atoms with van der Waals surface area (Å²) in [6, 6.07) is 0. The fraction of sp³-hybridized carbons (Fsp3) is 1.00. The smallest absolute Gasteiger partial charge is 0.257 e. The van der Waals surface area contributed by atoms with Crippen molar-refractivity contribution in [2.24, 2.45) is 11.8 Å². The molecule has 0 radical (unpaired) electrons. The molecule has 0 N–H and O–H groups in total. The van der Waals surface area contributed by atoms with Crippen molar-refractivity contribution in [3.63, 3.8) is 0 Å². The quantitative estimate of drug-likeness (QED) is 0.690. The van der Waals surface area contributed by atoms with E-state index >= 15 is 0 Å². The molecule has 1 heterocycles. The molecule has 14 heavy (non-hydrogen) atoms. The van der Waals surface area contributed by atoms with Crippen molar-refractivity contribution >= 4 is 0 Å². The maximum absolute atomic E-state index is 13.2. The molecule has 2 aliphatic rings. The summed E-state index contributed by atoms with van der Waals surface area (Å²) in [4.78, 5) is 0. The van der Waals surface area contributed by atoms with Gasteiger partial charge in [-0.3, -0.25) is 0 Å². The summed E-state index contributed by atoms with van der Waals surface area (Å²) in [6.45, 7) is 5.60. The molecule has 1 saturated carbocycles. The van der Waals surface area contributed by atoms with Crippen molar-refractivity contribution in [2.75, 3.05) is 6.61 Å². The molecule has 2 fully saturated rings. The number of alkyl halides is 2. The van der Waals surface area contributed by atoms with Crippen molar-refractivity contribution in [3.8, 4) is 0 Å². The summed E-state index contributed by atoms with van der Waals surface area (Å²) in [6.07, 6.45) is 0.0859. The Morgan fingerprint density at radius 2 is 2.00 bits per heavy atom.